The highest BCUT2D eigenvalue weighted by atomic mass is 32.2. The quantitative estimate of drug-likeness (QED) is 0.910. The molecule has 1 aromatic rings. The summed E-state index contributed by atoms with van der Waals surface area (Å²) in [6.45, 7) is 8.52. The summed E-state index contributed by atoms with van der Waals surface area (Å²) in [5.74, 6) is 3.21. The van der Waals surface area contributed by atoms with Crippen LogP contribution in [-0.4, -0.2) is 40.2 Å². The highest BCUT2D eigenvalue weighted by Gasteiger charge is 2.26. The Morgan fingerprint density at radius 2 is 2.26 bits per heavy atom. The summed E-state index contributed by atoms with van der Waals surface area (Å²) in [6.07, 6.45) is 0. The maximum absolute atomic E-state index is 5.88. The van der Waals surface area contributed by atoms with E-state index in [4.69, 9.17) is 10.5 Å². The largest absolute Gasteiger partial charge is 0.384 e. The monoisotopic (exact) mass is 282 g/mol. The summed E-state index contributed by atoms with van der Waals surface area (Å²) < 4.78 is 5.36. The summed E-state index contributed by atoms with van der Waals surface area (Å²) in [4.78, 5) is 11.1. The van der Waals surface area contributed by atoms with E-state index in [0.29, 0.717) is 36.1 Å². The van der Waals surface area contributed by atoms with Gasteiger partial charge < -0.3 is 15.4 Å². The molecule has 2 unspecified atom stereocenters. The van der Waals surface area contributed by atoms with Gasteiger partial charge >= 0.3 is 0 Å². The zero-order valence-corrected chi connectivity index (χ0v) is 12.6. The van der Waals surface area contributed by atoms with Crippen LogP contribution in [0.25, 0.3) is 0 Å². The van der Waals surface area contributed by atoms with Crippen LogP contribution >= 0.6 is 11.8 Å². The van der Waals surface area contributed by atoms with Crippen molar-refractivity contribution in [2.75, 3.05) is 29.5 Å². The van der Waals surface area contributed by atoms with Crippen molar-refractivity contribution >= 4 is 23.4 Å². The average molecular weight is 282 g/mol. The summed E-state index contributed by atoms with van der Waals surface area (Å²) >= 11 is 2.01. The van der Waals surface area contributed by atoms with Crippen molar-refractivity contribution in [2.24, 2.45) is 0 Å². The number of hydrogen-bond donors (Lipinski definition) is 1. The fraction of sp³-hybridized carbons (Fsp3) is 0.692. The molecule has 106 valence electrons. The molecule has 1 aromatic heterocycles. The number of nitrogens with two attached hydrogens (primary N) is 1. The first-order valence-electron chi connectivity index (χ1n) is 6.71. The molecule has 5 nitrogen and oxygen atoms in total. The van der Waals surface area contributed by atoms with Gasteiger partial charge in [-0.25, -0.2) is 9.97 Å². The van der Waals surface area contributed by atoms with Crippen LogP contribution in [0.2, 0.25) is 0 Å². The second-order valence-electron chi connectivity index (χ2n) is 4.71. The lowest BCUT2D eigenvalue weighted by atomic mass is 10.2. The molecule has 0 bridgehead atoms. The van der Waals surface area contributed by atoms with Crippen LogP contribution in [0.15, 0.2) is 6.07 Å². The Kier molecular flexibility index (Phi) is 4.87. The first kappa shape index (κ1) is 14.4. The van der Waals surface area contributed by atoms with E-state index < -0.39 is 0 Å². The van der Waals surface area contributed by atoms with Crippen molar-refractivity contribution in [3.05, 3.63) is 11.9 Å². The molecule has 19 heavy (non-hydrogen) atoms. The molecule has 0 radical (unpaired) electrons. The van der Waals surface area contributed by atoms with Crippen LogP contribution in [0, 0.1) is 0 Å². The topological polar surface area (TPSA) is 64.3 Å². The third kappa shape index (κ3) is 3.51. The van der Waals surface area contributed by atoms with E-state index in [2.05, 4.69) is 28.7 Å². The number of hydrogen-bond acceptors (Lipinski definition) is 6. The standard InChI is InChI=1S/C13H22N4OS/c1-4-18-8-12-15-11(14)7-13(16-12)17-5-6-19-10(3)9(17)2/h7,9-10H,4-6,8H2,1-3H3,(H2,14,15,16). The number of thioether (sulfide) groups is 1. The van der Waals surface area contributed by atoms with Gasteiger partial charge in [-0.05, 0) is 13.8 Å². The fourth-order valence-corrected chi connectivity index (χ4v) is 3.26. The minimum Gasteiger partial charge on any atom is -0.384 e. The Balaban J connectivity index is 2.20. The summed E-state index contributed by atoms with van der Waals surface area (Å²) in [5, 5.41) is 0.597. The maximum atomic E-state index is 5.88. The van der Waals surface area contributed by atoms with Crippen molar-refractivity contribution in [1.82, 2.24) is 9.97 Å². The Morgan fingerprint density at radius 3 is 3.00 bits per heavy atom. The highest BCUT2D eigenvalue weighted by Crippen LogP contribution is 2.28. The molecule has 0 aliphatic carbocycles. The van der Waals surface area contributed by atoms with E-state index in [9.17, 15) is 0 Å². The molecule has 1 aliphatic heterocycles. The summed E-state index contributed by atoms with van der Waals surface area (Å²) in [6, 6.07) is 2.31. The lowest BCUT2D eigenvalue weighted by molar-refractivity contribution is 0.128. The molecule has 2 heterocycles. The van der Waals surface area contributed by atoms with Crippen LogP contribution < -0.4 is 10.6 Å². The lowest BCUT2D eigenvalue weighted by Crippen LogP contribution is -2.45. The summed E-state index contributed by atoms with van der Waals surface area (Å²) in [5.41, 5.74) is 5.88. The predicted molar refractivity (Wildman–Crippen MR) is 80.5 cm³/mol. The lowest BCUT2D eigenvalue weighted by Gasteiger charge is -2.38. The highest BCUT2D eigenvalue weighted by molar-refractivity contribution is 8.00. The molecular weight excluding hydrogens is 260 g/mol. The maximum Gasteiger partial charge on any atom is 0.158 e. The molecule has 6 heteroatoms. The molecular formula is C13H22N4OS. The smallest absolute Gasteiger partial charge is 0.158 e. The Morgan fingerprint density at radius 1 is 1.47 bits per heavy atom. The minimum atomic E-state index is 0.418. The van der Waals surface area contributed by atoms with Crippen LogP contribution in [0.4, 0.5) is 11.6 Å². The number of nitrogen functional groups attached to an aromatic ring is 1. The van der Waals surface area contributed by atoms with E-state index in [1.165, 1.54) is 0 Å². The van der Waals surface area contributed by atoms with Crippen LogP contribution in [0.3, 0.4) is 0 Å². The zero-order valence-electron chi connectivity index (χ0n) is 11.8. The third-order valence-corrected chi connectivity index (χ3v) is 4.73. The van der Waals surface area contributed by atoms with Crippen molar-refractivity contribution < 1.29 is 4.74 Å². The van der Waals surface area contributed by atoms with Gasteiger partial charge in [0.15, 0.2) is 5.82 Å². The Bertz CT molecular complexity index is 429. The number of ether oxygens (including phenoxy) is 1. The van der Waals surface area contributed by atoms with Gasteiger partial charge in [0.05, 0.1) is 0 Å². The van der Waals surface area contributed by atoms with Gasteiger partial charge in [-0.15, -0.1) is 0 Å². The average Bonchev–Trinajstić information content (AvgIpc) is 2.39. The number of aromatic nitrogens is 2. The molecule has 2 atom stereocenters. The molecule has 2 N–H and O–H groups in total. The molecule has 1 saturated heterocycles. The molecule has 2 rings (SSSR count). The van der Waals surface area contributed by atoms with Gasteiger partial charge in [-0.3, -0.25) is 0 Å². The molecule has 0 amide bonds. The van der Waals surface area contributed by atoms with Gasteiger partial charge in [-0.2, -0.15) is 11.8 Å². The number of anilines is 2. The van der Waals surface area contributed by atoms with E-state index in [-0.39, 0.29) is 0 Å². The molecule has 0 saturated carbocycles. The van der Waals surface area contributed by atoms with Gasteiger partial charge in [0, 0.05) is 36.3 Å². The van der Waals surface area contributed by atoms with E-state index >= 15 is 0 Å². The van der Waals surface area contributed by atoms with Crippen molar-refractivity contribution in [1.29, 1.82) is 0 Å². The van der Waals surface area contributed by atoms with Gasteiger partial charge in [0.25, 0.3) is 0 Å². The van der Waals surface area contributed by atoms with Crippen molar-refractivity contribution in [3.8, 4) is 0 Å². The van der Waals surface area contributed by atoms with Gasteiger partial charge in [-0.1, -0.05) is 6.92 Å². The van der Waals surface area contributed by atoms with Crippen LogP contribution in [0.5, 0.6) is 0 Å². The predicted octanol–water partition coefficient (Wildman–Crippen LogP) is 1.93. The third-order valence-electron chi connectivity index (χ3n) is 3.39. The second kappa shape index (κ2) is 6.43. The normalized spacial score (nSPS) is 23.6. The van der Waals surface area contributed by atoms with Gasteiger partial charge in [0.1, 0.15) is 18.2 Å². The number of rotatable bonds is 4. The first-order chi connectivity index (χ1) is 9.11. The van der Waals surface area contributed by atoms with Crippen molar-refractivity contribution in [3.63, 3.8) is 0 Å². The van der Waals surface area contributed by atoms with Gasteiger partial charge in [0.2, 0.25) is 0 Å². The number of nitrogens with zero attached hydrogens (tertiary/aromatic N) is 3. The Hall–Kier alpha value is -1.01. The van der Waals surface area contributed by atoms with E-state index in [1.807, 2.05) is 24.8 Å². The fourth-order valence-electron chi connectivity index (χ4n) is 2.16. The molecule has 0 aromatic carbocycles. The molecule has 1 aliphatic rings. The van der Waals surface area contributed by atoms with Crippen LogP contribution in [-0.2, 0) is 11.3 Å². The molecule has 0 spiro atoms. The van der Waals surface area contributed by atoms with Crippen molar-refractivity contribution in [2.45, 2.75) is 38.7 Å². The first-order valence-corrected chi connectivity index (χ1v) is 7.76. The zero-order chi connectivity index (χ0) is 13.8. The summed E-state index contributed by atoms with van der Waals surface area (Å²) in [7, 11) is 0. The minimum absolute atomic E-state index is 0.418. The SMILES string of the molecule is CCOCc1nc(N)cc(N2CCSC(C)C2C)n1. The molecule has 1 fully saturated rings. The van der Waals surface area contributed by atoms with E-state index in [1.54, 1.807) is 0 Å². The van der Waals surface area contributed by atoms with E-state index in [0.717, 1.165) is 18.1 Å². The Labute approximate surface area is 118 Å². The van der Waals surface area contributed by atoms with Crippen LogP contribution in [0.1, 0.15) is 26.6 Å². The second-order valence-corrected chi connectivity index (χ2v) is 6.20.